The Bertz CT molecular complexity index is 798. The summed E-state index contributed by atoms with van der Waals surface area (Å²) < 4.78 is 0. The van der Waals surface area contributed by atoms with Crippen LogP contribution < -0.4 is 5.73 Å². The predicted octanol–water partition coefficient (Wildman–Crippen LogP) is 5.36. The van der Waals surface area contributed by atoms with Gasteiger partial charge in [0.25, 0.3) is 0 Å². The van der Waals surface area contributed by atoms with E-state index in [1.165, 1.54) is 33.4 Å². The van der Waals surface area contributed by atoms with Gasteiger partial charge in [0, 0.05) is 12.5 Å². The monoisotopic (exact) mass is 315 g/mol. The second-order valence-corrected chi connectivity index (χ2v) is 6.18. The van der Waals surface area contributed by atoms with Gasteiger partial charge in [0.15, 0.2) is 0 Å². The summed E-state index contributed by atoms with van der Waals surface area (Å²) in [5, 5.41) is 0. The summed E-state index contributed by atoms with van der Waals surface area (Å²) in [6.45, 7) is 9.33. The highest BCUT2D eigenvalue weighted by Gasteiger charge is 2.34. The maximum Gasteiger partial charge on any atom is 0.0157 e. The van der Waals surface area contributed by atoms with Crippen molar-refractivity contribution in [2.45, 2.75) is 20.3 Å². The molecule has 0 bridgehead atoms. The van der Waals surface area contributed by atoms with Crippen LogP contribution in [0.25, 0.3) is 5.57 Å². The van der Waals surface area contributed by atoms with Crippen molar-refractivity contribution in [2.24, 2.45) is 11.7 Å². The Morgan fingerprint density at radius 3 is 2.62 bits per heavy atom. The average Bonchev–Trinajstić information content (AvgIpc) is 3.14. The van der Waals surface area contributed by atoms with Gasteiger partial charge >= 0.3 is 0 Å². The van der Waals surface area contributed by atoms with E-state index in [0.717, 1.165) is 12.0 Å². The van der Waals surface area contributed by atoms with Gasteiger partial charge in [0.1, 0.15) is 0 Å². The maximum absolute atomic E-state index is 6.04. The summed E-state index contributed by atoms with van der Waals surface area (Å²) in [4.78, 5) is 0. The van der Waals surface area contributed by atoms with Crippen LogP contribution in [0.4, 0.5) is 0 Å². The number of fused-ring (bicyclic) bond motifs is 1. The Labute approximate surface area is 145 Å². The topological polar surface area (TPSA) is 26.0 Å². The average molecular weight is 315 g/mol. The molecule has 0 heterocycles. The Hall–Kier alpha value is -2.38. The van der Waals surface area contributed by atoms with Crippen molar-refractivity contribution in [2.75, 3.05) is 6.54 Å². The van der Waals surface area contributed by atoms with Crippen LogP contribution in [0, 0.1) is 5.92 Å². The van der Waals surface area contributed by atoms with Gasteiger partial charge in [0.2, 0.25) is 0 Å². The van der Waals surface area contributed by atoms with Crippen molar-refractivity contribution >= 4 is 5.57 Å². The van der Waals surface area contributed by atoms with Gasteiger partial charge in [0.05, 0.1) is 0 Å². The molecule has 1 nitrogen and oxygen atoms in total. The van der Waals surface area contributed by atoms with Crippen LogP contribution >= 0.6 is 0 Å². The van der Waals surface area contributed by atoms with Crippen LogP contribution in [0.15, 0.2) is 95.2 Å². The second-order valence-electron chi connectivity index (χ2n) is 6.18. The number of hydrogen-bond donors (Lipinski definition) is 1. The molecule has 0 saturated heterocycles. The van der Waals surface area contributed by atoms with Crippen LogP contribution in [0.2, 0.25) is 0 Å². The number of rotatable bonds is 5. The lowest BCUT2D eigenvalue weighted by Crippen LogP contribution is -2.12. The summed E-state index contributed by atoms with van der Waals surface area (Å²) in [6, 6.07) is 10.5. The van der Waals surface area contributed by atoms with Crippen LogP contribution in [0.3, 0.4) is 0 Å². The zero-order valence-electron chi connectivity index (χ0n) is 14.5. The fraction of sp³-hybridized carbons (Fsp3) is 0.217. The molecule has 2 N–H and O–H groups in total. The van der Waals surface area contributed by atoms with E-state index in [2.05, 4.69) is 81.1 Å². The quantitative estimate of drug-likeness (QED) is 0.727. The van der Waals surface area contributed by atoms with Crippen molar-refractivity contribution in [3.05, 3.63) is 101 Å². The summed E-state index contributed by atoms with van der Waals surface area (Å²) >= 11 is 0. The highest BCUT2D eigenvalue weighted by atomic mass is 14.6. The molecule has 1 unspecified atom stereocenters. The molecule has 122 valence electrons. The lowest BCUT2D eigenvalue weighted by molar-refractivity contribution is 0.804. The third-order valence-corrected chi connectivity index (χ3v) is 4.75. The molecule has 1 heteroatoms. The summed E-state index contributed by atoms with van der Waals surface area (Å²) in [5.74, 6) is 0.276. The molecule has 1 atom stereocenters. The number of hydrogen-bond acceptors (Lipinski definition) is 1. The van der Waals surface area contributed by atoms with Crippen molar-refractivity contribution in [3.63, 3.8) is 0 Å². The van der Waals surface area contributed by atoms with E-state index >= 15 is 0 Å². The van der Waals surface area contributed by atoms with Gasteiger partial charge in [-0.1, -0.05) is 74.2 Å². The fourth-order valence-corrected chi connectivity index (χ4v) is 3.62. The molecule has 2 aliphatic rings. The van der Waals surface area contributed by atoms with Gasteiger partial charge in [-0.3, -0.25) is 0 Å². The van der Waals surface area contributed by atoms with E-state index in [1.54, 1.807) is 0 Å². The predicted molar refractivity (Wildman–Crippen MR) is 104 cm³/mol. The first-order valence-corrected chi connectivity index (χ1v) is 8.68. The fourth-order valence-electron chi connectivity index (χ4n) is 3.62. The lowest BCUT2D eigenvalue weighted by atomic mass is 9.90. The van der Waals surface area contributed by atoms with Crippen molar-refractivity contribution in [1.29, 1.82) is 0 Å². The minimum absolute atomic E-state index is 0.276. The largest absolute Gasteiger partial charge is 0.330 e. The Balaban J connectivity index is 2.16. The first kappa shape index (κ1) is 16.5. The molecular formula is C23H25N. The molecule has 1 aromatic rings. The normalized spacial score (nSPS) is 20.7. The number of allylic oxidation sites excluding steroid dienone is 9. The van der Waals surface area contributed by atoms with Gasteiger partial charge < -0.3 is 5.73 Å². The van der Waals surface area contributed by atoms with E-state index in [1.807, 2.05) is 0 Å². The molecule has 0 aromatic heterocycles. The van der Waals surface area contributed by atoms with Gasteiger partial charge in [-0.15, -0.1) is 0 Å². The minimum atomic E-state index is 0.276. The molecule has 0 spiro atoms. The van der Waals surface area contributed by atoms with Gasteiger partial charge in [-0.25, -0.2) is 0 Å². The molecule has 3 rings (SSSR count). The third-order valence-electron chi connectivity index (χ3n) is 4.75. The van der Waals surface area contributed by atoms with Crippen LogP contribution in [-0.4, -0.2) is 6.54 Å². The van der Waals surface area contributed by atoms with E-state index in [0.29, 0.717) is 6.54 Å². The summed E-state index contributed by atoms with van der Waals surface area (Å²) in [6.07, 6.45) is 12.1. The Morgan fingerprint density at radius 2 is 2.00 bits per heavy atom. The molecule has 0 fully saturated rings. The van der Waals surface area contributed by atoms with Gasteiger partial charge in [-0.05, 0) is 52.3 Å². The smallest absolute Gasteiger partial charge is 0.0157 e. The van der Waals surface area contributed by atoms with Crippen molar-refractivity contribution in [1.82, 2.24) is 0 Å². The second kappa shape index (κ2) is 7.02. The van der Waals surface area contributed by atoms with Crippen molar-refractivity contribution in [3.8, 4) is 0 Å². The van der Waals surface area contributed by atoms with E-state index in [4.69, 9.17) is 5.73 Å². The molecule has 0 amide bonds. The number of nitrogens with two attached hydrogens (primary N) is 1. The van der Waals surface area contributed by atoms with Crippen LogP contribution in [0.5, 0.6) is 0 Å². The zero-order chi connectivity index (χ0) is 17.1. The maximum atomic E-state index is 6.04. The highest BCUT2D eigenvalue weighted by molar-refractivity contribution is 5.97. The molecule has 0 saturated carbocycles. The minimum Gasteiger partial charge on any atom is -0.330 e. The number of benzene rings is 1. The molecule has 1 aromatic carbocycles. The first-order valence-electron chi connectivity index (χ1n) is 8.68. The molecule has 0 radical (unpaired) electrons. The molecule has 2 aliphatic carbocycles. The van der Waals surface area contributed by atoms with E-state index < -0.39 is 0 Å². The lowest BCUT2D eigenvalue weighted by Gasteiger charge is -2.14. The van der Waals surface area contributed by atoms with E-state index in [9.17, 15) is 0 Å². The van der Waals surface area contributed by atoms with E-state index in [-0.39, 0.29) is 5.92 Å². The van der Waals surface area contributed by atoms with Crippen LogP contribution in [-0.2, 0) is 0 Å². The van der Waals surface area contributed by atoms with Gasteiger partial charge in [-0.2, -0.15) is 0 Å². The Morgan fingerprint density at radius 1 is 1.25 bits per heavy atom. The Kier molecular flexibility index (Phi) is 4.82. The first-order chi connectivity index (χ1) is 11.7. The zero-order valence-corrected chi connectivity index (χ0v) is 14.5. The summed E-state index contributed by atoms with van der Waals surface area (Å²) in [5.41, 5.74) is 14.8. The highest BCUT2D eigenvalue weighted by Crippen LogP contribution is 2.50. The standard InChI is InChI=1S/C23H25N/c1-4-6-10-17(5-2)21-16(3)22(18-11-8-7-9-12-18)23-19(15-24)13-14-20(21)23/h5-14,19H,3-4,15,24H2,1-2H3/b10-6-,17-5+. The molecule has 0 aliphatic heterocycles. The molecular weight excluding hydrogens is 290 g/mol. The summed E-state index contributed by atoms with van der Waals surface area (Å²) in [7, 11) is 0. The SMILES string of the molecule is C=C1C(C(/C=C\CC)=C/C)=C2C=CC(CN)C2=C1c1ccccc1. The third kappa shape index (κ3) is 2.65. The van der Waals surface area contributed by atoms with Crippen LogP contribution in [0.1, 0.15) is 25.8 Å². The van der Waals surface area contributed by atoms with Crippen molar-refractivity contribution < 1.29 is 0 Å². The molecule has 24 heavy (non-hydrogen) atoms.